The van der Waals surface area contributed by atoms with Gasteiger partial charge in [-0.05, 0) is 66.6 Å². The monoisotopic (exact) mass is 484 g/mol. The van der Waals surface area contributed by atoms with Gasteiger partial charge in [0.2, 0.25) is 5.91 Å². The van der Waals surface area contributed by atoms with Gasteiger partial charge in [0.05, 0.1) is 34.1 Å². The highest BCUT2D eigenvalue weighted by Crippen LogP contribution is 2.47. The van der Waals surface area contributed by atoms with Gasteiger partial charge in [0.1, 0.15) is 17.3 Å². The number of fused-ring (bicyclic) bond motifs is 2. The minimum atomic E-state index is -0.284. The van der Waals surface area contributed by atoms with E-state index >= 15 is 0 Å². The van der Waals surface area contributed by atoms with Crippen LogP contribution in [0.1, 0.15) is 21.9 Å². The molecule has 3 aromatic heterocycles. The number of carbonyl (C=O) groups is 1. The van der Waals surface area contributed by atoms with Crippen molar-refractivity contribution in [3.63, 3.8) is 0 Å². The highest BCUT2D eigenvalue weighted by Gasteiger charge is 2.32. The number of thioether (sulfide) groups is 1. The second kappa shape index (κ2) is 8.35. The summed E-state index contributed by atoms with van der Waals surface area (Å²) in [6, 6.07) is 16.2. The fourth-order valence-electron chi connectivity index (χ4n) is 4.55. The summed E-state index contributed by atoms with van der Waals surface area (Å²) in [6.07, 6.45) is 3.56. The van der Waals surface area contributed by atoms with Gasteiger partial charge in [0, 0.05) is 24.2 Å². The van der Waals surface area contributed by atoms with Crippen molar-refractivity contribution < 1.29 is 9.18 Å². The Bertz CT molecular complexity index is 1580. The van der Waals surface area contributed by atoms with Crippen LogP contribution >= 0.6 is 11.8 Å². The highest BCUT2D eigenvalue weighted by molar-refractivity contribution is 8.00. The molecule has 2 aromatic carbocycles. The summed E-state index contributed by atoms with van der Waals surface area (Å²) >= 11 is 1.58. The molecule has 0 aliphatic carbocycles. The van der Waals surface area contributed by atoms with Gasteiger partial charge in [-0.2, -0.15) is 10.2 Å². The van der Waals surface area contributed by atoms with Gasteiger partial charge in [0.25, 0.3) is 0 Å². The second-order valence-corrected chi connectivity index (χ2v) is 9.58. The van der Waals surface area contributed by atoms with E-state index in [4.69, 9.17) is 5.10 Å². The van der Waals surface area contributed by atoms with Crippen LogP contribution in [0.2, 0.25) is 0 Å². The van der Waals surface area contributed by atoms with Gasteiger partial charge in [-0.1, -0.05) is 6.07 Å². The van der Waals surface area contributed by atoms with Gasteiger partial charge in [-0.3, -0.25) is 14.5 Å². The standard InChI is InChI=1S/C26H21FN6OS/c1-15-11-21-16(13-29-33(21)18-8-6-17(27)7-9-18)12-19(15)25-23-24(20-5-3-4-10-28-20)31-32(2)26(23)30-22(34)14-35-25/h3-13,25H,14H2,1-2H3,(H,30,34). The zero-order valence-electron chi connectivity index (χ0n) is 19.1. The van der Waals surface area contributed by atoms with E-state index in [9.17, 15) is 9.18 Å². The number of aryl methyl sites for hydroxylation is 2. The van der Waals surface area contributed by atoms with Gasteiger partial charge < -0.3 is 5.32 Å². The predicted octanol–water partition coefficient (Wildman–Crippen LogP) is 5.04. The molecular formula is C26H21FN6OS. The van der Waals surface area contributed by atoms with E-state index in [2.05, 4.69) is 34.5 Å². The lowest BCUT2D eigenvalue weighted by Gasteiger charge is -2.19. The Morgan fingerprint density at radius 1 is 1.14 bits per heavy atom. The lowest BCUT2D eigenvalue weighted by atomic mass is 9.97. The van der Waals surface area contributed by atoms with Gasteiger partial charge in [0.15, 0.2) is 0 Å². The quantitative estimate of drug-likeness (QED) is 0.388. The van der Waals surface area contributed by atoms with Crippen molar-refractivity contribution in [1.29, 1.82) is 0 Å². The zero-order chi connectivity index (χ0) is 24.1. The summed E-state index contributed by atoms with van der Waals surface area (Å²) in [4.78, 5) is 17.1. The van der Waals surface area contributed by atoms with E-state index in [1.54, 1.807) is 34.8 Å². The predicted molar refractivity (Wildman–Crippen MR) is 135 cm³/mol. The molecule has 35 heavy (non-hydrogen) atoms. The van der Waals surface area contributed by atoms with Crippen molar-refractivity contribution in [2.24, 2.45) is 7.05 Å². The number of rotatable bonds is 3. The van der Waals surface area contributed by atoms with Crippen LogP contribution in [0, 0.1) is 12.7 Å². The van der Waals surface area contributed by atoms with Crippen LogP contribution in [0.4, 0.5) is 10.2 Å². The summed E-state index contributed by atoms with van der Waals surface area (Å²) in [6.45, 7) is 2.06. The van der Waals surface area contributed by atoms with E-state index in [1.807, 2.05) is 36.1 Å². The molecule has 0 radical (unpaired) electrons. The lowest BCUT2D eigenvalue weighted by molar-refractivity contribution is -0.113. The number of benzene rings is 2. The average molecular weight is 485 g/mol. The first kappa shape index (κ1) is 21.5. The maximum Gasteiger partial charge on any atom is 0.235 e. The van der Waals surface area contributed by atoms with Crippen LogP contribution < -0.4 is 5.32 Å². The molecule has 9 heteroatoms. The Morgan fingerprint density at radius 2 is 1.97 bits per heavy atom. The maximum absolute atomic E-state index is 13.4. The fourth-order valence-corrected chi connectivity index (χ4v) is 5.76. The summed E-state index contributed by atoms with van der Waals surface area (Å²) in [5.74, 6) is 0.672. The van der Waals surface area contributed by atoms with Crippen LogP contribution in [-0.4, -0.2) is 36.2 Å². The normalized spacial score (nSPS) is 15.6. The summed E-state index contributed by atoms with van der Waals surface area (Å²) < 4.78 is 17.0. The smallest absolute Gasteiger partial charge is 0.235 e. The molecule has 1 atom stereocenters. The molecule has 0 saturated carbocycles. The molecule has 1 unspecified atom stereocenters. The van der Waals surface area contributed by atoms with E-state index < -0.39 is 0 Å². The van der Waals surface area contributed by atoms with Crippen LogP contribution in [0.3, 0.4) is 0 Å². The first-order chi connectivity index (χ1) is 17.0. The number of nitrogens with one attached hydrogen (secondary N) is 1. The lowest BCUT2D eigenvalue weighted by Crippen LogP contribution is -2.15. The van der Waals surface area contributed by atoms with Crippen LogP contribution in [0.5, 0.6) is 0 Å². The molecule has 0 bridgehead atoms. The highest BCUT2D eigenvalue weighted by atomic mass is 32.2. The topological polar surface area (TPSA) is 77.6 Å². The minimum Gasteiger partial charge on any atom is -0.310 e. The first-order valence-corrected chi connectivity index (χ1v) is 12.2. The molecule has 1 aliphatic heterocycles. The molecule has 1 N–H and O–H groups in total. The third-order valence-electron chi connectivity index (χ3n) is 6.20. The van der Waals surface area contributed by atoms with Crippen molar-refractivity contribution in [3.8, 4) is 17.1 Å². The SMILES string of the molecule is Cc1cc2c(cnn2-c2ccc(F)cc2)cc1C1SCC(=O)Nc2c1c(-c1ccccn1)nn2C. The molecule has 0 spiro atoms. The third kappa shape index (κ3) is 3.68. The van der Waals surface area contributed by atoms with Crippen molar-refractivity contribution in [1.82, 2.24) is 24.5 Å². The van der Waals surface area contributed by atoms with Crippen LogP contribution in [0.25, 0.3) is 28.0 Å². The van der Waals surface area contributed by atoms with Crippen LogP contribution in [0.15, 0.2) is 67.0 Å². The zero-order valence-corrected chi connectivity index (χ0v) is 19.9. The number of hydrogen-bond donors (Lipinski definition) is 1. The van der Waals surface area contributed by atoms with Crippen LogP contribution in [-0.2, 0) is 11.8 Å². The number of carbonyl (C=O) groups excluding carboxylic acids is 1. The molecule has 0 fully saturated rings. The van der Waals surface area contributed by atoms with Gasteiger partial charge >= 0.3 is 0 Å². The number of halogens is 1. The summed E-state index contributed by atoms with van der Waals surface area (Å²) in [7, 11) is 1.83. The third-order valence-corrected chi connectivity index (χ3v) is 7.45. The molecule has 0 saturated heterocycles. The van der Waals surface area contributed by atoms with Crippen molar-refractivity contribution in [3.05, 3.63) is 89.5 Å². The molecule has 7 nitrogen and oxygen atoms in total. The molecule has 6 rings (SSSR count). The Hall–Kier alpha value is -3.98. The maximum atomic E-state index is 13.4. The van der Waals surface area contributed by atoms with Gasteiger partial charge in [-0.25, -0.2) is 9.07 Å². The van der Waals surface area contributed by atoms with E-state index in [1.165, 1.54) is 12.1 Å². The largest absolute Gasteiger partial charge is 0.310 e. The second-order valence-electron chi connectivity index (χ2n) is 8.49. The van der Waals surface area contributed by atoms with E-state index in [-0.39, 0.29) is 17.0 Å². The van der Waals surface area contributed by atoms with Crippen molar-refractivity contribution in [2.45, 2.75) is 12.2 Å². The molecular weight excluding hydrogens is 463 g/mol. The Morgan fingerprint density at radius 3 is 2.74 bits per heavy atom. The fraction of sp³-hybridized carbons (Fsp3) is 0.154. The summed E-state index contributed by atoms with van der Waals surface area (Å²) in [5, 5.41) is 13.2. The van der Waals surface area contributed by atoms with E-state index in [0.29, 0.717) is 11.6 Å². The first-order valence-electron chi connectivity index (χ1n) is 11.1. The number of aromatic nitrogens is 5. The Kier molecular flexibility index (Phi) is 5.14. The summed E-state index contributed by atoms with van der Waals surface area (Å²) in [5.41, 5.74) is 6.33. The number of pyridine rings is 1. The Labute approximate surface area is 205 Å². The number of nitrogens with zero attached hydrogens (tertiary/aromatic N) is 5. The Balaban J connectivity index is 1.52. The van der Waals surface area contributed by atoms with Gasteiger partial charge in [-0.15, -0.1) is 11.8 Å². The molecule has 4 heterocycles. The number of hydrogen-bond acceptors (Lipinski definition) is 5. The molecule has 174 valence electrons. The van der Waals surface area contributed by atoms with Crippen molar-refractivity contribution in [2.75, 3.05) is 11.1 Å². The van der Waals surface area contributed by atoms with Crippen molar-refractivity contribution >= 4 is 34.4 Å². The number of amides is 1. The number of anilines is 1. The van der Waals surface area contributed by atoms with E-state index in [0.717, 1.165) is 44.7 Å². The molecule has 1 aliphatic rings. The minimum absolute atomic E-state index is 0.0582. The molecule has 5 aromatic rings. The molecule has 1 amide bonds. The average Bonchev–Trinajstić information content (AvgIpc) is 3.35.